The van der Waals surface area contributed by atoms with Crippen molar-refractivity contribution in [2.75, 3.05) is 11.9 Å². The van der Waals surface area contributed by atoms with E-state index in [4.69, 9.17) is 0 Å². The van der Waals surface area contributed by atoms with Crippen molar-refractivity contribution in [3.05, 3.63) is 59.8 Å². The summed E-state index contributed by atoms with van der Waals surface area (Å²) in [6, 6.07) is 9.88. The van der Waals surface area contributed by atoms with E-state index in [-0.39, 0.29) is 18.5 Å². The molecule has 0 saturated carbocycles. The van der Waals surface area contributed by atoms with E-state index < -0.39 is 11.6 Å². The van der Waals surface area contributed by atoms with Crippen LogP contribution in [-0.2, 0) is 6.42 Å². The maximum Gasteiger partial charge on any atom is 0.168 e. The maximum absolute atomic E-state index is 13.4. The molecule has 0 amide bonds. The van der Waals surface area contributed by atoms with Crippen LogP contribution >= 0.6 is 0 Å². The van der Waals surface area contributed by atoms with Gasteiger partial charge in [0.15, 0.2) is 11.6 Å². The van der Waals surface area contributed by atoms with Gasteiger partial charge in [0.2, 0.25) is 0 Å². The summed E-state index contributed by atoms with van der Waals surface area (Å²) in [7, 11) is 0. The quantitative estimate of drug-likeness (QED) is 0.871. The van der Waals surface area contributed by atoms with E-state index >= 15 is 0 Å². The summed E-state index contributed by atoms with van der Waals surface area (Å²) in [6.45, 7) is -0.173. The van der Waals surface area contributed by atoms with Crippen molar-refractivity contribution in [2.24, 2.45) is 0 Å². The number of benzene rings is 1. The van der Waals surface area contributed by atoms with E-state index in [1.807, 2.05) is 30.3 Å². The molecule has 0 radical (unpaired) electrons. The fourth-order valence-electron chi connectivity index (χ4n) is 1.77. The van der Waals surface area contributed by atoms with Gasteiger partial charge in [-0.15, -0.1) is 0 Å². The van der Waals surface area contributed by atoms with E-state index in [1.165, 1.54) is 0 Å². The number of pyridine rings is 1. The summed E-state index contributed by atoms with van der Waals surface area (Å²) in [4.78, 5) is 3.63. The Hall–Kier alpha value is -2.01. The molecule has 19 heavy (non-hydrogen) atoms. The molecular weight excluding hydrogens is 250 g/mol. The molecule has 2 N–H and O–H groups in total. The Morgan fingerprint density at radius 1 is 1.21 bits per heavy atom. The summed E-state index contributed by atoms with van der Waals surface area (Å²) in [5.41, 5.74) is 1.01. The van der Waals surface area contributed by atoms with Gasteiger partial charge >= 0.3 is 0 Å². The van der Waals surface area contributed by atoms with Gasteiger partial charge in [-0.3, -0.25) is 0 Å². The number of aliphatic hydroxyl groups is 1. The monoisotopic (exact) mass is 264 g/mol. The Morgan fingerprint density at radius 3 is 2.58 bits per heavy atom. The molecule has 0 aliphatic carbocycles. The summed E-state index contributed by atoms with van der Waals surface area (Å²) < 4.78 is 26.2. The topological polar surface area (TPSA) is 45.1 Å². The van der Waals surface area contributed by atoms with Crippen molar-refractivity contribution >= 4 is 5.82 Å². The molecule has 0 fully saturated rings. The van der Waals surface area contributed by atoms with Crippen LogP contribution in [0.1, 0.15) is 5.56 Å². The molecule has 1 unspecified atom stereocenters. The standard InChI is InChI=1S/C14H14F2N2O/c15-11-7-13(16)14(17-8-11)18-12(9-19)6-10-4-2-1-3-5-10/h1-5,7-8,12,19H,6,9H2,(H,17,18). The minimum Gasteiger partial charge on any atom is -0.394 e. The fraction of sp³-hybridized carbons (Fsp3) is 0.214. The Morgan fingerprint density at radius 2 is 1.95 bits per heavy atom. The van der Waals surface area contributed by atoms with Gasteiger partial charge in [0.1, 0.15) is 5.82 Å². The van der Waals surface area contributed by atoms with Crippen LogP contribution in [0.25, 0.3) is 0 Å². The molecule has 3 nitrogen and oxygen atoms in total. The van der Waals surface area contributed by atoms with Crippen LogP contribution < -0.4 is 5.32 Å². The molecule has 0 saturated heterocycles. The second-order valence-corrected chi connectivity index (χ2v) is 4.20. The predicted molar refractivity (Wildman–Crippen MR) is 68.8 cm³/mol. The van der Waals surface area contributed by atoms with Gasteiger partial charge in [0, 0.05) is 6.07 Å². The minimum atomic E-state index is -0.772. The molecular formula is C14H14F2N2O. The molecule has 1 heterocycles. The number of nitrogens with zero attached hydrogens (tertiary/aromatic N) is 1. The van der Waals surface area contributed by atoms with Crippen molar-refractivity contribution in [3.63, 3.8) is 0 Å². The number of halogens is 2. The molecule has 1 aromatic carbocycles. The van der Waals surface area contributed by atoms with Gasteiger partial charge in [0.25, 0.3) is 0 Å². The summed E-state index contributed by atoms with van der Waals surface area (Å²) in [6.07, 6.45) is 1.46. The van der Waals surface area contributed by atoms with Gasteiger partial charge < -0.3 is 10.4 Å². The lowest BCUT2D eigenvalue weighted by Crippen LogP contribution is -2.27. The number of rotatable bonds is 5. The van der Waals surface area contributed by atoms with Gasteiger partial charge in [-0.2, -0.15) is 0 Å². The fourth-order valence-corrected chi connectivity index (χ4v) is 1.77. The highest BCUT2D eigenvalue weighted by molar-refractivity contribution is 5.37. The lowest BCUT2D eigenvalue weighted by Gasteiger charge is -2.17. The molecule has 0 aliphatic rings. The van der Waals surface area contributed by atoms with Crippen molar-refractivity contribution in [2.45, 2.75) is 12.5 Å². The third-order valence-electron chi connectivity index (χ3n) is 2.69. The lowest BCUT2D eigenvalue weighted by molar-refractivity contribution is 0.273. The summed E-state index contributed by atoms with van der Waals surface area (Å²) in [5.74, 6) is -1.56. The van der Waals surface area contributed by atoms with Crippen LogP contribution in [0.3, 0.4) is 0 Å². The Labute approximate surface area is 109 Å². The first kappa shape index (κ1) is 13.4. The van der Waals surface area contributed by atoms with Crippen LogP contribution in [0.4, 0.5) is 14.6 Å². The summed E-state index contributed by atoms with van der Waals surface area (Å²) in [5, 5.41) is 12.1. The second-order valence-electron chi connectivity index (χ2n) is 4.20. The van der Waals surface area contributed by atoms with Crippen molar-refractivity contribution in [1.29, 1.82) is 0 Å². The van der Waals surface area contributed by atoms with E-state index in [1.54, 1.807) is 0 Å². The first-order chi connectivity index (χ1) is 9.19. The van der Waals surface area contributed by atoms with Gasteiger partial charge in [-0.25, -0.2) is 13.8 Å². The van der Waals surface area contributed by atoms with Crippen LogP contribution in [-0.4, -0.2) is 22.7 Å². The maximum atomic E-state index is 13.4. The van der Waals surface area contributed by atoms with Crippen molar-refractivity contribution in [1.82, 2.24) is 4.98 Å². The average Bonchev–Trinajstić information content (AvgIpc) is 2.42. The smallest absolute Gasteiger partial charge is 0.168 e. The Bertz CT molecular complexity index is 534. The number of aromatic nitrogens is 1. The highest BCUT2D eigenvalue weighted by Gasteiger charge is 2.12. The van der Waals surface area contributed by atoms with Crippen molar-refractivity contribution in [3.8, 4) is 0 Å². The SMILES string of the molecule is OCC(Cc1ccccc1)Nc1ncc(F)cc1F. The molecule has 0 aliphatic heterocycles. The van der Waals surface area contributed by atoms with E-state index in [0.717, 1.165) is 17.8 Å². The van der Waals surface area contributed by atoms with Gasteiger partial charge in [-0.1, -0.05) is 30.3 Å². The Balaban J connectivity index is 2.06. The molecule has 0 spiro atoms. The number of anilines is 1. The lowest BCUT2D eigenvalue weighted by atomic mass is 10.1. The molecule has 1 aromatic heterocycles. The number of aliphatic hydroxyl groups excluding tert-OH is 1. The van der Waals surface area contributed by atoms with E-state index in [0.29, 0.717) is 6.42 Å². The first-order valence-corrected chi connectivity index (χ1v) is 5.91. The van der Waals surface area contributed by atoms with Crippen LogP contribution in [0.2, 0.25) is 0 Å². The van der Waals surface area contributed by atoms with Crippen LogP contribution in [0.5, 0.6) is 0 Å². The van der Waals surface area contributed by atoms with E-state index in [9.17, 15) is 13.9 Å². The zero-order chi connectivity index (χ0) is 13.7. The molecule has 1 atom stereocenters. The third kappa shape index (κ3) is 3.72. The highest BCUT2D eigenvalue weighted by Crippen LogP contribution is 2.14. The summed E-state index contributed by atoms with van der Waals surface area (Å²) >= 11 is 0. The molecule has 5 heteroatoms. The third-order valence-corrected chi connectivity index (χ3v) is 2.69. The number of hydrogen-bond donors (Lipinski definition) is 2. The first-order valence-electron chi connectivity index (χ1n) is 5.91. The van der Waals surface area contributed by atoms with Gasteiger partial charge in [-0.05, 0) is 12.0 Å². The largest absolute Gasteiger partial charge is 0.394 e. The molecule has 0 bridgehead atoms. The minimum absolute atomic E-state index is 0.0589. The van der Waals surface area contributed by atoms with E-state index in [2.05, 4.69) is 10.3 Å². The van der Waals surface area contributed by atoms with Gasteiger partial charge in [0.05, 0.1) is 18.8 Å². The zero-order valence-electron chi connectivity index (χ0n) is 10.2. The second kappa shape index (κ2) is 6.24. The zero-order valence-corrected chi connectivity index (χ0v) is 10.2. The predicted octanol–water partition coefficient (Wildman–Crippen LogP) is 2.38. The molecule has 100 valence electrons. The normalized spacial score (nSPS) is 12.2. The number of hydrogen-bond acceptors (Lipinski definition) is 3. The van der Waals surface area contributed by atoms with Crippen LogP contribution in [0.15, 0.2) is 42.6 Å². The Kier molecular flexibility index (Phi) is 4.41. The number of nitrogens with one attached hydrogen (secondary N) is 1. The molecule has 2 aromatic rings. The van der Waals surface area contributed by atoms with Crippen molar-refractivity contribution < 1.29 is 13.9 Å². The molecule has 2 rings (SSSR count). The average molecular weight is 264 g/mol. The highest BCUT2D eigenvalue weighted by atomic mass is 19.1. The van der Waals surface area contributed by atoms with Crippen LogP contribution in [0, 0.1) is 11.6 Å².